The number of hydrogen-bond acceptors (Lipinski definition) is 3. The fourth-order valence-corrected chi connectivity index (χ4v) is 3.94. The molecule has 1 saturated carbocycles. The van der Waals surface area contributed by atoms with Crippen LogP contribution in [0.25, 0.3) is 0 Å². The van der Waals surface area contributed by atoms with Crippen molar-refractivity contribution in [2.45, 2.75) is 58.3 Å². The summed E-state index contributed by atoms with van der Waals surface area (Å²) in [4.78, 5) is 32.0. The molecule has 1 aliphatic heterocycles. The number of aryl methyl sites for hydroxylation is 1. The molecule has 2 aliphatic rings. The van der Waals surface area contributed by atoms with Crippen molar-refractivity contribution in [3.63, 3.8) is 0 Å². The summed E-state index contributed by atoms with van der Waals surface area (Å²) in [6.45, 7) is 3.38. The molecular formula is C18H27N3O2. The quantitative estimate of drug-likeness (QED) is 0.836. The Morgan fingerprint density at radius 1 is 1.17 bits per heavy atom. The van der Waals surface area contributed by atoms with Crippen molar-refractivity contribution in [1.29, 1.82) is 0 Å². The number of hydrogen-bond donors (Lipinski definition) is 0. The predicted octanol–water partition coefficient (Wildman–Crippen LogP) is 1.85. The molecule has 5 heteroatoms. The second kappa shape index (κ2) is 6.85. The largest absolute Gasteiger partial charge is 0.342 e. The van der Waals surface area contributed by atoms with Gasteiger partial charge in [-0.15, -0.1) is 0 Å². The maximum Gasteiger partial charge on any atom is 0.256 e. The van der Waals surface area contributed by atoms with E-state index in [2.05, 4.69) is 4.98 Å². The standard InChI is InChI=1S/C18H27N3O2/c1-3-16-19-15-10-12-21(11-9-14(15)18(23)20(16)2)17(22)13-7-5-4-6-8-13/h13H,3-12H2,1-2H3. The first-order valence-corrected chi connectivity index (χ1v) is 8.98. The molecule has 0 unspecified atom stereocenters. The molecule has 5 nitrogen and oxygen atoms in total. The third-order valence-corrected chi connectivity index (χ3v) is 5.39. The van der Waals surface area contributed by atoms with Gasteiger partial charge in [0.05, 0.1) is 5.69 Å². The van der Waals surface area contributed by atoms with E-state index in [-0.39, 0.29) is 11.5 Å². The van der Waals surface area contributed by atoms with Gasteiger partial charge in [-0.3, -0.25) is 14.2 Å². The number of aromatic nitrogens is 2. The van der Waals surface area contributed by atoms with Crippen LogP contribution in [0.4, 0.5) is 0 Å². The van der Waals surface area contributed by atoms with Crippen molar-refractivity contribution in [2.24, 2.45) is 13.0 Å². The van der Waals surface area contributed by atoms with Gasteiger partial charge in [0.15, 0.2) is 0 Å². The minimum Gasteiger partial charge on any atom is -0.342 e. The molecule has 0 saturated heterocycles. The molecule has 0 spiro atoms. The van der Waals surface area contributed by atoms with Crippen LogP contribution in [0, 0.1) is 5.92 Å². The van der Waals surface area contributed by atoms with Gasteiger partial charge < -0.3 is 4.90 Å². The molecular weight excluding hydrogens is 290 g/mol. The Morgan fingerprint density at radius 3 is 2.57 bits per heavy atom. The van der Waals surface area contributed by atoms with Crippen LogP contribution in [0.2, 0.25) is 0 Å². The van der Waals surface area contributed by atoms with E-state index < -0.39 is 0 Å². The van der Waals surface area contributed by atoms with Gasteiger partial charge in [0.1, 0.15) is 5.82 Å². The van der Waals surface area contributed by atoms with Crippen molar-refractivity contribution in [3.8, 4) is 0 Å². The Hall–Kier alpha value is -1.65. The lowest BCUT2D eigenvalue weighted by Gasteiger charge is -2.28. The molecule has 1 aromatic rings. The molecule has 0 aromatic carbocycles. The first kappa shape index (κ1) is 16.2. The second-order valence-corrected chi connectivity index (χ2v) is 6.83. The molecule has 0 N–H and O–H groups in total. The Labute approximate surface area is 137 Å². The topological polar surface area (TPSA) is 55.2 Å². The zero-order valence-corrected chi connectivity index (χ0v) is 14.3. The van der Waals surface area contributed by atoms with Crippen molar-refractivity contribution >= 4 is 5.91 Å². The summed E-state index contributed by atoms with van der Waals surface area (Å²) in [5.41, 5.74) is 1.78. The highest BCUT2D eigenvalue weighted by molar-refractivity contribution is 5.79. The summed E-state index contributed by atoms with van der Waals surface area (Å²) in [5.74, 6) is 1.33. The van der Waals surface area contributed by atoms with Gasteiger partial charge in [0.25, 0.3) is 5.56 Å². The van der Waals surface area contributed by atoms with Crippen LogP contribution in [0.1, 0.15) is 56.1 Å². The van der Waals surface area contributed by atoms with Crippen LogP contribution in [-0.2, 0) is 31.1 Å². The van der Waals surface area contributed by atoms with E-state index in [9.17, 15) is 9.59 Å². The molecule has 23 heavy (non-hydrogen) atoms. The Morgan fingerprint density at radius 2 is 1.87 bits per heavy atom. The molecule has 2 heterocycles. The molecule has 3 rings (SSSR count). The van der Waals surface area contributed by atoms with E-state index in [1.807, 2.05) is 11.8 Å². The minimum absolute atomic E-state index is 0.0683. The van der Waals surface area contributed by atoms with Crippen LogP contribution < -0.4 is 5.56 Å². The van der Waals surface area contributed by atoms with Crippen LogP contribution in [0.5, 0.6) is 0 Å². The summed E-state index contributed by atoms with van der Waals surface area (Å²) in [5, 5.41) is 0. The van der Waals surface area contributed by atoms with E-state index >= 15 is 0 Å². The smallest absolute Gasteiger partial charge is 0.256 e. The van der Waals surface area contributed by atoms with Crippen LogP contribution in [0.15, 0.2) is 4.79 Å². The van der Waals surface area contributed by atoms with Crippen molar-refractivity contribution in [1.82, 2.24) is 14.5 Å². The fourth-order valence-electron chi connectivity index (χ4n) is 3.94. The third kappa shape index (κ3) is 3.19. The van der Waals surface area contributed by atoms with Crippen LogP contribution in [-0.4, -0.2) is 33.4 Å². The zero-order valence-electron chi connectivity index (χ0n) is 14.3. The fraction of sp³-hybridized carbons (Fsp3) is 0.722. The number of amides is 1. The van der Waals surface area contributed by atoms with Gasteiger partial charge in [-0.25, -0.2) is 4.98 Å². The first-order valence-electron chi connectivity index (χ1n) is 8.98. The maximum absolute atomic E-state index is 12.8. The monoisotopic (exact) mass is 317 g/mol. The molecule has 0 radical (unpaired) electrons. The van der Waals surface area contributed by atoms with Gasteiger partial charge in [-0.1, -0.05) is 26.2 Å². The number of nitrogens with zero attached hydrogens (tertiary/aromatic N) is 3. The average Bonchev–Trinajstić information content (AvgIpc) is 2.81. The highest BCUT2D eigenvalue weighted by atomic mass is 16.2. The molecule has 126 valence electrons. The molecule has 1 amide bonds. The van der Waals surface area contributed by atoms with Gasteiger partial charge in [0.2, 0.25) is 5.91 Å². The van der Waals surface area contributed by atoms with E-state index in [0.717, 1.165) is 36.3 Å². The predicted molar refractivity (Wildman–Crippen MR) is 89.4 cm³/mol. The first-order chi connectivity index (χ1) is 11.1. The van der Waals surface area contributed by atoms with Gasteiger partial charge in [-0.2, -0.15) is 0 Å². The van der Waals surface area contributed by atoms with Crippen molar-refractivity contribution in [3.05, 3.63) is 27.4 Å². The summed E-state index contributed by atoms with van der Waals surface area (Å²) in [6, 6.07) is 0. The SMILES string of the molecule is CCc1nc2c(c(=O)n1C)CCN(C(=O)C1CCCCC1)CC2. The summed E-state index contributed by atoms with van der Waals surface area (Å²) in [7, 11) is 1.80. The second-order valence-electron chi connectivity index (χ2n) is 6.83. The van der Waals surface area contributed by atoms with Crippen molar-refractivity contribution < 1.29 is 4.79 Å². The van der Waals surface area contributed by atoms with E-state index in [0.29, 0.717) is 31.8 Å². The lowest BCUT2D eigenvalue weighted by molar-refractivity contribution is -0.136. The molecule has 0 atom stereocenters. The third-order valence-electron chi connectivity index (χ3n) is 5.39. The van der Waals surface area contributed by atoms with Gasteiger partial charge in [-0.05, 0) is 19.3 Å². The number of carbonyl (C=O) groups is 1. The lowest BCUT2D eigenvalue weighted by atomic mass is 9.88. The normalized spacial score (nSPS) is 19.3. The summed E-state index contributed by atoms with van der Waals surface area (Å²) < 4.78 is 1.66. The van der Waals surface area contributed by atoms with Crippen LogP contribution >= 0.6 is 0 Å². The number of rotatable bonds is 2. The van der Waals surface area contributed by atoms with E-state index in [1.165, 1.54) is 19.3 Å². The van der Waals surface area contributed by atoms with Crippen LogP contribution in [0.3, 0.4) is 0 Å². The molecule has 1 aromatic heterocycles. The van der Waals surface area contributed by atoms with Gasteiger partial charge in [0, 0.05) is 44.5 Å². The highest BCUT2D eigenvalue weighted by Crippen LogP contribution is 2.26. The highest BCUT2D eigenvalue weighted by Gasteiger charge is 2.28. The van der Waals surface area contributed by atoms with E-state index in [1.54, 1.807) is 11.6 Å². The molecule has 0 bridgehead atoms. The summed E-state index contributed by atoms with van der Waals surface area (Å²) in [6.07, 6.45) is 7.76. The number of fused-ring (bicyclic) bond motifs is 1. The Balaban J connectivity index is 1.78. The molecule has 1 fully saturated rings. The zero-order chi connectivity index (χ0) is 16.4. The summed E-state index contributed by atoms with van der Waals surface area (Å²) >= 11 is 0. The minimum atomic E-state index is 0.0683. The Bertz CT molecular complexity index is 644. The molecule has 1 aliphatic carbocycles. The maximum atomic E-state index is 12.8. The average molecular weight is 317 g/mol. The van der Waals surface area contributed by atoms with E-state index in [4.69, 9.17) is 0 Å². The Kier molecular flexibility index (Phi) is 4.83. The lowest BCUT2D eigenvalue weighted by Crippen LogP contribution is -2.38. The van der Waals surface area contributed by atoms with Gasteiger partial charge >= 0.3 is 0 Å². The number of carbonyl (C=O) groups excluding carboxylic acids is 1. The van der Waals surface area contributed by atoms with Crippen molar-refractivity contribution in [2.75, 3.05) is 13.1 Å².